The number of nitrogens with one attached hydrogen (secondary N) is 1. The topological polar surface area (TPSA) is 20.7 Å². The van der Waals surface area contributed by atoms with E-state index < -0.39 is 0 Å². The van der Waals surface area contributed by atoms with Crippen LogP contribution >= 0.6 is 12.2 Å². The molecule has 0 unspecified atom stereocenters. The minimum Gasteiger partial charge on any atom is -0.301 e. The molecule has 0 aliphatic rings. The van der Waals surface area contributed by atoms with Crippen molar-refractivity contribution in [1.82, 2.24) is 9.78 Å². The Hall–Kier alpha value is -0.570. The minimum atomic E-state index is 0.149. The largest absolute Gasteiger partial charge is 0.301 e. The van der Waals surface area contributed by atoms with E-state index in [1.807, 2.05) is 0 Å². The van der Waals surface area contributed by atoms with Gasteiger partial charge in [0.05, 0.1) is 0 Å². The van der Waals surface area contributed by atoms with Crippen LogP contribution in [0, 0.1) is 10.6 Å². The maximum absolute atomic E-state index is 5.33. The number of hydrogen-bond donors (Lipinski definition) is 1. The van der Waals surface area contributed by atoms with Crippen LogP contribution in [0.15, 0.2) is 6.07 Å². The van der Waals surface area contributed by atoms with Gasteiger partial charge in [0.15, 0.2) is 0 Å². The summed E-state index contributed by atoms with van der Waals surface area (Å²) in [4.78, 5) is 0. The van der Waals surface area contributed by atoms with Crippen molar-refractivity contribution in [2.45, 2.75) is 53.0 Å². The second kappa shape index (κ2) is 4.52. The van der Waals surface area contributed by atoms with Crippen LogP contribution in [0.4, 0.5) is 0 Å². The molecule has 1 rings (SSSR count). The molecule has 0 saturated heterocycles. The number of rotatable bonds is 3. The second-order valence-corrected chi connectivity index (χ2v) is 6.01. The number of hydrogen-bond acceptors (Lipinski definition) is 1. The van der Waals surface area contributed by atoms with Gasteiger partial charge in [-0.3, -0.25) is 4.68 Å². The minimum absolute atomic E-state index is 0.149. The average Bonchev–Trinajstić information content (AvgIpc) is 2.42. The first-order chi connectivity index (χ1) is 6.80. The van der Waals surface area contributed by atoms with E-state index in [1.165, 1.54) is 12.1 Å². The monoisotopic (exact) mass is 226 g/mol. The van der Waals surface area contributed by atoms with Crippen molar-refractivity contribution in [1.29, 1.82) is 0 Å². The normalized spacial score (nSPS) is 12.4. The van der Waals surface area contributed by atoms with Crippen LogP contribution in [0.3, 0.4) is 0 Å². The molecule has 0 bridgehead atoms. The fraction of sp³-hybridized carbons (Fsp3) is 0.750. The van der Waals surface area contributed by atoms with Gasteiger partial charge in [0, 0.05) is 17.7 Å². The van der Waals surface area contributed by atoms with E-state index in [0.717, 1.165) is 11.2 Å². The molecular weight excluding hydrogens is 204 g/mol. The standard InChI is InChI=1S/C12H22N2S/c1-9(2)6-7-14-11(15)8-10(13-14)12(3,4)5/h8-9,13H,6-7H2,1-5H3. The number of nitrogens with zero attached hydrogens (tertiary/aromatic N) is 1. The summed E-state index contributed by atoms with van der Waals surface area (Å²) in [7, 11) is 0. The zero-order valence-electron chi connectivity index (χ0n) is 10.4. The summed E-state index contributed by atoms with van der Waals surface area (Å²) in [6.45, 7) is 12.0. The van der Waals surface area contributed by atoms with Crippen molar-refractivity contribution in [3.8, 4) is 0 Å². The van der Waals surface area contributed by atoms with Crippen LogP contribution in [-0.2, 0) is 12.0 Å². The molecule has 1 aromatic heterocycles. The Morgan fingerprint density at radius 1 is 1.40 bits per heavy atom. The molecule has 0 atom stereocenters. The quantitative estimate of drug-likeness (QED) is 0.775. The lowest BCUT2D eigenvalue weighted by Crippen LogP contribution is -2.13. The fourth-order valence-electron chi connectivity index (χ4n) is 1.37. The molecule has 0 aromatic carbocycles. The maximum atomic E-state index is 5.33. The SMILES string of the molecule is CC(C)CCn1[nH]c(C(C)(C)C)cc1=S. The summed E-state index contributed by atoms with van der Waals surface area (Å²) in [5, 5.41) is 3.39. The smallest absolute Gasteiger partial charge is 0.122 e. The van der Waals surface area contributed by atoms with Crippen molar-refractivity contribution in [2.75, 3.05) is 0 Å². The van der Waals surface area contributed by atoms with Gasteiger partial charge in [-0.25, -0.2) is 0 Å². The Balaban J connectivity index is 2.83. The van der Waals surface area contributed by atoms with E-state index in [4.69, 9.17) is 12.2 Å². The van der Waals surface area contributed by atoms with Crippen molar-refractivity contribution >= 4 is 12.2 Å². The highest BCUT2D eigenvalue weighted by atomic mass is 32.1. The van der Waals surface area contributed by atoms with Crippen molar-refractivity contribution in [2.24, 2.45) is 5.92 Å². The molecule has 0 amide bonds. The van der Waals surface area contributed by atoms with Gasteiger partial charge in [-0.2, -0.15) is 0 Å². The van der Waals surface area contributed by atoms with E-state index in [0.29, 0.717) is 5.92 Å². The molecule has 1 heterocycles. The van der Waals surface area contributed by atoms with Gasteiger partial charge in [-0.15, -0.1) is 0 Å². The molecule has 1 N–H and O–H groups in total. The molecule has 1 aromatic rings. The molecule has 0 spiro atoms. The van der Waals surface area contributed by atoms with Crippen LogP contribution in [0.5, 0.6) is 0 Å². The molecule has 15 heavy (non-hydrogen) atoms. The van der Waals surface area contributed by atoms with Crippen LogP contribution in [0.1, 0.15) is 46.7 Å². The highest BCUT2D eigenvalue weighted by Gasteiger charge is 2.16. The summed E-state index contributed by atoms with van der Waals surface area (Å²) in [5.41, 5.74) is 1.37. The highest BCUT2D eigenvalue weighted by molar-refractivity contribution is 7.71. The first kappa shape index (κ1) is 12.5. The van der Waals surface area contributed by atoms with Crippen molar-refractivity contribution in [3.63, 3.8) is 0 Å². The van der Waals surface area contributed by atoms with Gasteiger partial charge in [0.25, 0.3) is 0 Å². The molecule has 0 radical (unpaired) electrons. The van der Waals surface area contributed by atoms with Crippen LogP contribution in [-0.4, -0.2) is 9.78 Å². The Labute approximate surface area is 97.7 Å². The molecule has 0 aliphatic carbocycles. The lowest BCUT2D eigenvalue weighted by Gasteiger charge is -2.16. The van der Waals surface area contributed by atoms with Crippen molar-refractivity contribution in [3.05, 3.63) is 16.4 Å². The fourth-order valence-corrected chi connectivity index (χ4v) is 1.63. The number of aromatic nitrogens is 2. The molecule has 0 aliphatic heterocycles. The molecule has 0 saturated carbocycles. The van der Waals surface area contributed by atoms with Gasteiger partial charge >= 0.3 is 0 Å². The van der Waals surface area contributed by atoms with E-state index in [-0.39, 0.29) is 5.41 Å². The third-order valence-corrected chi connectivity index (χ3v) is 2.87. The summed E-state index contributed by atoms with van der Waals surface area (Å²) >= 11 is 5.33. The zero-order valence-corrected chi connectivity index (χ0v) is 11.2. The predicted octanol–water partition coefficient (Wildman–Crippen LogP) is 3.89. The third-order valence-electron chi connectivity index (χ3n) is 2.53. The highest BCUT2D eigenvalue weighted by Crippen LogP contribution is 2.20. The lowest BCUT2D eigenvalue weighted by atomic mass is 9.93. The van der Waals surface area contributed by atoms with Crippen molar-refractivity contribution < 1.29 is 0 Å². The Morgan fingerprint density at radius 3 is 2.40 bits per heavy atom. The third kappa shape index (κ3) is 3.49. The molecule has 3 heteroatoms. The second-order valence-electron chi connectivity index (χ2n) is 5.59. The number of aryl methyl sites for hydroxylation is 1. The lowest BCUT2D eigenvalue weighted by molar-refractivity contribution is 0.469. The first-order valence-corrected chi connectivity index (χ1v) is 6.02. The Morgan fingerprint density at radius 2 is 2.00 bits per heavy atom. The summed E-state index contributed by atoms with van der Waals surface area (Å²) in [5.74, 6) is 0.716. The summed E-state index contributed by atoms with van der Waals surface area (Å²) in [6.07, 6.45) is 1.17. The van der Waals surface area contributed by atoms with Crippen LogP contribution in [0.25, 0.3) is 0 Å². The molecular formula is C12H22N2S. The van der Waals surface area contributed by atoms with Gasteiger partial charge in [0.2, 0.25) is 0 Å². The number of aromatic amines is 1. The predicted molar refractivity (Wildman–Crippen MR) is 67.8 cm³/mol. The van der Waals surface area contributed by atoms with Gasteiger partial charge in [-0.05, 0) is 18.4 Å². The van der Waals surface area contributed by atoms with Gasteiger partial charge in [-0.1, -0.05) is 46.8 Å². The van der Waals surface area contributed by atoms with Crippen LogP contribution in [0.2, 0.25) is 0 Å². The summed E-state index contributed by atoms with van der Waals surface area (Å²) in [6, 6.07) is 2.08. The van der Waals surface area contributed by atoms with E-state index in [9.17, 15) is 0 Å². The zero-order chi connectivity index (χ0) is 11.6. The van der Waals surface area contributed by atoms with E-state index >= 15 is 0 Å². The Bertz CT molecular complexity index is 366. The maximum Gasteiger partial charge on any atom is 0.122 e. The molecule has 86 valence electrons. The molecule has 2 nitrogen and oxygen atoms in total. The number of H-pyrrole nitrogens is 1. The Kier molecular flexibility index (Phi) is 3.77. The molecule has 0 fully saturated rings. The first-order valence-electron chi connectivity index (χ1n) is 5.61. The summed E-state index contributed by atoms with van der Waals surface area (Å²) < 4.78 is 3.00. The van der Waals surface area contributed by atoms with E-state index in [2.05, 4.69) is 50.5 Å². The van der Waals surface area contributed by atoms with E-state index in [1.54, 1.807) is 0 Å². The van der Waals surface area contributed by atoms with Gasteiger partial charge < -0.3 is 5.10 Å². The van der Waals surface area contributed by atoms with Gasteiger partial charge in [0.1, 0.15) is 4.64 Å². The average molecular weight is 226 g/mol. The van der Waals surface area contributed by atoms with Crippen LogP contribution < -0.4 is 0 Å².